The van der Waals surface area contributed by atoms with E-state index in [9.17, 15) is 4.57 Å². The van der Waals surface area contributed by atoms with Crippen LogP contribution >= 0.6 is 7.60 Å². The van der Waals surface area contributed by atoms with Crippen molar-refractivity contribution in [3.63, 3.8) is 0 Å². The van der Waals surface area contributed by atoms with Crippen LogP contribution in [-0.2, 0) is 19.8 Å². The molecule has 0 unspecified atom stereocenters. The van der Waals surface area contributed by atoms with E-state index in [4.69, 9.17) is 9.05 Å². The third kappa shape index (κ3) is 2.55. The highest BCUT2D eigenvalue weighted by Gasteiger charge is 2.22. The van der Waals surface area contributed by atoms with Gasteiger partial charge in [-0.3, -0.25) is 9.55 Å². The minimum atomic E-state index is -3.05. The summed E-state index contributed by atoms with van der Waals surface area (Å²) in [4.78, 5) is 4.30. The van der Waals surface area contributed by atoms with Crippen molar-refractivity contribution in [1.29, 1.82) is 0 Å². The Balaban J connectivity index is 2.46. The molecule has 1 aromatic heterocycles. The molecule has 0 aliphatic carbocycles. The van der Waals surface area contributed by atoms with Gasteiger partial charge in [-0.2, -0.15) is 0 Å². The van der Waals surface area contributed by atoms with Gasteiger partial charge in [0.25, 0.3) is 0 Å². The Labute approximate surface area is 100 Å². The van der Waals surface area contributed by atoms with Crippen LogP contribution in [0.4, 0.5) is 0 Å². The summed E-state index contributed by atoms with van der Waals surface area (Å²) in [5.41, 5.74) is 1.71. The second-order valence-electron chi connectivity index (χ2n) is 3.63. The highest BCUT2D eigenvalue weighted by atomic mass is 31.2. The minimum absolute atomic E-state index is 0.231. The predicted molar refractivity (Wildman–Crippen MR) is 67.1 cm³/mol. The summed E-state index contributed by atoms with van der Waals surface area (Å²) in [6.07, 6.45) is 1.95. The molecule has 0 atom stereocenters. The molecule has 1 aromatic carbocycles. The van der Waals surface area contributed by atoms with Crippen LogP contribution < -0.4 is 0 Å². The normalized spacial score (nSPS) is 11.9. The summed E-state index contributed by atoms with van der Waals surface area (Å²) < 4.78 is 22.0. The second kappa shape index (κ2) is 4.96. The third-order valence-electron chi connectivity index (χ3n) is 2.64. The van der Waals surface area contributed by atoms with Crippen molar-refractivity contribution in [1.82, 2.24) is 4.98 Å². The summed E-state index contributed by atoms with van der Waals surface area (Å²) in [7, 11) is -0.264. The molecule has 0 aliphatic heterocycles. The van der Waals surface area contributed by atoms with E-state index in [1.165, 1.54) is 14.2 Å². The van der Waals surface area contributed by atoms with Crippen LogP contribution in [0.2, 0.25) is 0 Å². The van der Waals surface area contributed by atoms with E-state index in [2.05, 4.69) is 4.98 Å². The van der Waals surface area contributed by atoms with Crippen molar-refractivity contribution < 1.29 is 13.6 Å². The Morgan fingerprint density at radius 2 is 1.88 bits per heavy atom. The molecule has 2 rings (SSSR count). The molecule has 4 nitrogen and oxygen atoms in total. The summed E-state index contributed by atoms with van der Waals surface area (Å²) >= 11 is 0. The molecule has 0 spiro atoms. The molecule has 0 saturated carbocycles. The zero-order valence-electron chi connectivity index (χ0n) is 9.79. The largest absolute Gasteiger partial charge is 0.334 e. The van der Waals surface area contributed by atoms with Gasteiger partial charge in [0.05, 0.1) is 11.7 Å². The van der Waals surface area contributed by atoms with Crippen molar-refractivity contribution in [2.75, 3.05) is 14.2 Å². The van der Waals surface area contributed by atoms with Crippen molar-refractivity contribution in [2.24, 2.45) is 0 Å². The SMILES string of the molecule is COP(=O)(Cc1cccc2cccnc12)OC. The van der Waals surface area contributed by atoms with Gasteiger partial charge < -0.3 is 9.05 Å². The molecule has 5 heteroatoms. The van der Waals surface area contributed by atoms with E-state index >= 15 is 0 Å². The lowest BCUT2D eigenvalue weighted by atomic mass is 10.1. The van der Waals surface area contributed by atoms with Gasteiger partial charge in [-0.25, -0.2) is 0 Å². The van der Waals surface area contributed by atoms with E-state index in [1.54, 1.807) is 6.20 Å². The van der Waals surface area contributed by atoms with Crippen LogP contribution in [0.3, 0.4) is 0 Å². The summed E-state index contributed by atoms with van der Waals surface area (Å²) in [5.74, 6) is 0. The Morgan fingerprint density at radius 3 is 2.59 bits per heavy atom. The van der Waals surface area contributed by atoms with Crippen LogP contribution in [0.1, 0.15) is 5.56 Å². The molecule has 0 radical (unpaired) electrons. The van der Waals surface area contributed by atoms with Crippen molar-refractivity contribution in [3.05, 3.63) is 42.1 Å². The molecule has 0 fully saturated rings. The van der Waals surface area contributed by atoms with Crippen molar-refractivity contribution in [3.8, 4) is 0 Å². The Hall–Kier alpha value is -1.22. The lowest BCUT2D eigenvalue weighted by Crippen LogP contribution is -1.95. The van der Waals surface area contributed by atoms with Gasteiger partial charge >= 0.3 is 7.60 Å². The molecular weight excluding hydrogens is 237 g/mol. The molecule has 0 N–H and O–H groups in total. The van der Waals surface area contributed by atoms with E-state index in [1.807, 2.05) is 30.3 Å². The molecule has 90 valence electrons. The number of nitrogens with zero attached hydrogens (tertiary/aromatic N) is 1. The summed E-state index contributed by atoms with van der Waals surface area (Å²) in [5, 5.41) is 1.02. The van der Waals surface area contributed by atoms with Gasteiger partial charge in [0.1, 0.15) is 0 Å². The Morgan fingerprint density at radius 1 is 1.18 bits per heavy atom. The number of fused-ring (bicyclic) bond motifs is 1. The molecule has 0 bridgehead atoms. The van der Waals surface area contributed by atoms with Gasteiger partial charge in [0.2, 0.25) is 0 Å². The number of hydrogen-bond acceptors (Lipinski definition) is 4. The van der Waals surface area contributed by atoms with Gasteiger partial charge in [-0.05, 0) is 11.6 Å². The average Bonchev–Trinajstić information content (AvgIpc) is 2.39. The zero-order chi connectivity index (χ0) is 12.3. The second-order valence-corrected chi connectivity index (χ2v) is 5.89. The fraction of sp³-hybridized carbons (Fsp3) is 0.250. The van der Waals surface area contributed by atoms with Crippen LogP contribution in [-0.4, -0.2) is 19.2 Å². The fourth-order valence-electron chi connectivity index (χ4n) is 1.71. The zero-order valence-corrected chi connectivity index (χ0v) is 10.7. The molecule has 0 aliphatic rings. The lowest BCUT2D eigenvalue weighted by Gasteiger charge is -2.14. The van der Waals surface area contributed by atoms with Gasteiger partial charge in [-0.15, -0.1) is 0 Å². The number of para-hydroxylation sites is 1. The topological polar surface area (TPSA) is 48.4 Å². The van der Waals surface area contributed by atoms with Crippen LogP contribution in [0.15, 0.2) is 36.5 Å². The molecule has 1 heterocycles. The van der Waals surface area contributed by atoms with Gasteiger partial charge in [0.15, 0.2) is 0 Å². The van der Waals surface area contributed by atoms with E-state index < -0.39 is 7.60 Å². The maximum Gasteiger partial charge on any atom is 0.334 e. The fourth-order valence-corrected chi connectivity index (χ4v) is 2.79. The number of aromatic nitrogens is 1. The Bertz CT molecular complexity index is 557. The Kier molecular flexibility index (Phi) is 3.57. The first-order valence-corrected chi connectivity index (χ1v) is 6.94. The van der Waals surface area contributed by atoms with Gasteiger partial charge in [-0.1, -0.05) is 24.3 Å². The predicted octanol–water partition coefficient (Wildman–Crippen LogP) is 3.22. The first-order chi connectivity index (χ1) is 8.18. The van der Waals surface area contributed by atoms with E-state index in [0.29, 0.717) is 0 Å². The summed E-state index contributed by atoms with van der Waals surface area (Å²) in [6, 6.07) is 9.61. The maximum atomic E-state index is 12.1. The van der Waals surface area contributed by atoms with E-state index in [0.717, 1.165) is 16.5 Å². The van der Waals surface area contributed by atoms with E-state index in [-0.39, 0.29) is 6.16 Å². The summed E-state index contributed by atoms with van der Waals surface area (Å²) in [6.45, 7) is 0. The highest BCUT2D eigenvalue weighted by Crippen LogP contribution is 2.50. The minimum Gasteiger partial charge on any atom is -0.312 e. The first kappa shape index (κ1) is 12.2. The smallest absolute Gasteiger partial charge is 0.312 e. The third-order valence-corrected chi connectivity index (χ3v) is 4.48. The van der Waals surface area contributed by atoms with Crippen molar-refractivity contribution in [2.45, 2.75) is 6.16 Å². The molecule has 2 aromatic rings. The lowest BCUT2D eigenvalue weighted by molar-refractivity contribution is 0.275. The van der Waals surface area contributed by atoms with Crippen LogP contribution in [0.25, 0.3) is 10.9 Å². The standard InChI is InChI=1S/C12H14NO3P/c1-15-17(14,16-2)9-11-6-3-5-10-7-4-8-13-12(10)11/h3-8H,9H2,1-2H3. The molecule has 0 saturated heterocycles. The highest BCUT2D eigenvalue weighted by molar-refractivity contribution is 7.53. The number of benzene rings is 1. The van der Waals surface area contributed by atoms with Crippen LogP contribution in [0, 0.1) is 0 Å². The molecule has 0 amide bonds. The monoisotopic (exact) mass is 251 g/mol. The first-order valence-electron chi connectivity index (χ1n) is 5.22. The number of rotatable bonds is 4. The van der Waals surface area contributed by atoms with Crippen molar-refractivity contribution >= 4 is 18.5 Å². The maximum absolute atomic E-state index is 12.1. The average molecular weight is 251 g/mol. The molecule has 17 heavy (non-hydrogen) atoms. The number of hydrogen-bond donors (Lipinski definition) is 0. The molecular formula is C12H14NO3P. The van der Waals surface area contributed by atoms with Crippen LogP contribution in [0.5, 0.6) is 0 Å². The quantitative estimate of drug-likeness (QED) is 0.783. The van der Waals surface area contributed by atoms with Gasteiger partial charge in [0, 0.05) is 25.8 Å². The number of pyridine rings is 1.